The molecule has 0 fully saturated rings. The van der Waals surface area contributed by atoms with Crippen molar-refractivity contribution in [1.82, 2.24) is 14.3 Å². The summed E-state index contributed by atoms with van der Waals surface area (Å²) in [6.07, 6.45) is -1.28. The van der Waals surface area contributed by atoms with Crippen molar-refractivity contribution in [2.75, 3.05) is 6.54 Å². The molecule has 5 nitrogen and oxygen atoms in total. The SMILES string of the molecule is O=S(=O)(c1cccc(C(F)(F)F)c1)N1CCc2ncncc2C1. The summed E-state index contributed by atoms with van der Waals surface area (Å²) in [5.41, 5.74) is 0.434. The molecular weight excluding hydrogens is 331 g/mol. The van der Waals surface area contributed by atoms with Gasteiger partial charge in [-0.25, -0.2) is 18.4 Å². The van der Waals surface area contributed by atoms with Gasteiger partial charge in [-0.2, -0.15) is 17.5 Å². The van der Waals surface area contributed by atoms with Gasteiger partial charge in [0.1, 0.15) is 6.33 Å². The zero-order valence-corrected chi connectivity index (χ0v) is 12.6. The lowest BCUT2D eigenvalue weighted by Gasteiger charge is -2.27. The highest BCUT2D eigenvalue weighted by atomic mass is 32.2. The average molecular weight is 343 g/mol. The van der Waals surface area contributed by atoms with Gasteiger partial charge in [-0.05, 0) is 18.2 Å². The lowest BCUT2D eigenvalue weighted by molar-refractivity contribution is -0.137. The number of sulfonamides is 1. The van der Waals surface area contributed by atoms with E-state index in [-0.39, 0.29) is 18.0 Å². The quantitative estimate of drug-likeness (QED) is 0.839. The monoisotopic (exact) mass is 343 g/mol. The van der Waals surface area contributed by atoms with Crippen molar-refractivity contribution in [3.05, 3.63) is 53.6 Å². The van der Waals surface area contributed by atoms with Crippen molar-refractivity contribution < 1.29 is 21.6 Å². The van der Waals surface area contributed by atoms with E-state index in [1.165, 1.54) is 18.6 Å². The van der Waals surface area contributed by atoms with E-state index in [0.717, 1.165) is 22.1 Å². The lowest BCUT2D eigenvalue weighted by atomic mass is 10.1. The number of fused-ring (bicyclic) bond motifs is 1. The van der Waals surface area contributed by atoms with Crippen LogP contribution < -0.4 is 0 Å². The normalized spacial score (nSPS) is 16.1. The molecule has 0 unspecified atom stereocenters. The Balaban J connectivity index is 1.94. The molecule has 1 aromatic carbocycles. The lowest BCUT2D eigenvalue weighted by Crippen LogP contribution is -2.36. The van der Waals surface area contributed by atoms with Crippen LogP contribution in [0.1, 0.15) is 16.8 Å². The van der Waals surface area contributed by atoms with Gasteiger partial charge in [-0.15, -0.1) is 0 Å². The molecule has 0 amide bonds. The number of hydrogen-bond donors (Lipinski definition) is 0. The summed E-state index contributed by atoms with van der Waals surface area (Å²) in [5, 5.41) is 0. The van der Waals surface area contributed by atoms with E-state index in [1.54, 1.807) is 0 Å². The van der Waals surface area contributed by atoms with Crippen LogP contribution in [0.5, 0.6) is 0 Å². The molecule has 1 aliphatic heterocycles. The summed E-state index contributed by atoms with van der Waals surface area (Å²) < 4.78 is 64.6. The van der Waals surface area contributed by atoms with Gasteiger partial charge in [-0.3, -0.25) is 0 Å². The third-order valence-electron chi connectivity index (χ3n) is 3.63. The summed E-state index contributed by atoms with van der Waals surface area (Å²) in [7, 11) is -4.01. The summed E-state index contributed by atoms with van der Waals surface area (Å²) in [4.78, 5) is 7.56. The first-order valence-corrected chi connectivity index (χ1v) is 8.17. The predicted octanol–water partition coefficient (Wildman–Crippen LogP) is 2.24. The second-order valence-corrected chi connectivity index (χ2v) is 7.05. The van der Waals surface area contributed by atoms with Crippen LogP contribution in [-0.4, -0.2) is 29.2 Å². The number of nitrogens with zero attached hydrogens (tertiary/aromatic N) is 3. The van der Waals surface area contributed by atoms with Gasteiger partial charge in [0.2, 0.25) is 10.0 Å². The summed E-state index contributed by atoms with van der Waals surface area (Å²) in [6.45, 7) is 0.220. The molecule has 9 heteroatoms. The Bertz CT molecular complexity index is 837. The molecule has 0 atom stereocenters. The minimum absolute atomic E-state index is 0.0503. The summed E-state index contributed by atoms with van der Waals surface area (Å²) in [6, 6.07) is 3.77. The second-order valence-electron chi connectivity index (χ2n) is 5.11. The first-order valence-electron chi connectivity index (χ1n) is 6.73. The summed E-state index contributed by atoms with van der Waals surface area (Å²) >= 11 is 0. The molecule has 0 aliphatic carbocycles. The number of benzene rings is 1. The van der Waals surface area contributed by atoms with E-state index in [2.05, 4.69) is 9.97 Å². The van der Waals surface area contributed by atoms with Crippen molar-refractivity contribution in [2.24, 2.45) is 0 Å². The molecule has 1 aromatic heterocycles. The van der Waals surface area contributed by atoms with E-state index in [0.29, 0.717) is 18.1 Å². The molecule has 0 radical (unpaired) electrons. The van der Waals surface area contributed by atoms with Gasteiger partial charge >= 0.3 is 6.18 Å². The number of alkyl halides is 3. The second kappa shape index (κ2) is 5.57. The standard InChI is InChI=1S/C14H12F3N3O2S/c15-14(16,17)11-2-1-3-12(6-11)23(21,22)20-5-4-13-10(8-20)7-18-9-19-13/h1-3,6-7,9H,4-5,8H2. The highest BCUT2D eigenvalue weighted by Gasteiger charge is 2.34. The number of aromatic nitrogens is 2. The maximum absolute atomic E-state index is 12.8. The van der Waals surface area contributed by atoms with Crippen LogP contribution in [0.15, 0.2) is 41.7 Å². The molecule has 1 aliphatic rings. The van der Waals surface area contributed by atoms with Crippen LogP contribution >= 0.6 is 0 Å². The van der Waals surface area contributed by atoms with Crippen LogP contribution in [0.4, 0.5) is 13.2 Å². The third-order valence-corrected chi connectivity index (χ3v) is 5.47. The molecule has 0 bridgehead atoms. The smallest absolute Gasteiger partial charge is 0.244 e. The van der Waals surface area contributed by atoms with E-state index < -0.39 is 21.8 Å². The van der Waals surface area contributed by atoms with Crippen molar-refractivity contribution in [3.8, 4) is 0 Å². The molecular formula is C14H12F3N3O2S. The molecule has 23 heavy (non-hydrogen) atoms. The zero-order chi connectivity index (χ0) is 16.7. The number of rotatable bonds is 2. The van der Waals surface area contributed by atoms with Crippen molar-refractivity contribution >= 4 is 10.0 Å². The van der Waals surface area contributed by atoms with Crippen molar-refractivity contribution in [3.63, 3.8) is 0 Å². The number of halogens is 3. The van der Waals surface area contributed by atoms with Crippen LogP contribution in [-0.2, 0) is 29.2 Å². The molecule has 0 saturated carbocycles. The minimum atomic E-state index is -4.59. The highest BCUT2D eigenvalue weighted by Crippen LogP contribution is 2.31. The fourth-order valence-electron chi connectivity index (χ4n) is 2.43. The van der Waals surface area contributed by atoms with Gasteiger partial charge < -0.3 is 0 Å². The Hall–Kier alpha value is -2.00. The van der Waals surface area contributed by atoms with Gasteiger partial charge in [0.25, 0.3) is 0 Å². The van der Waals surface area contributed by atoms with Crippen molar-refractivity contribution in [1.29, 1.82) is 0 Å². The Morgan fingerprint density at radius 3 is 2.74 bits per heavy atom. The maximum Gasteiger partial charge on any atom is 0.416 e. The van der Waals surface area contributed by atoms with Gasteiger partial charge in [0.05, 0.1) is 10.5 Å². The molecule has 2 heterocycles. The van der Waals surface area contributed by atoms with Gasteiger partial charge in [0.15, 0.2) is 0 Å². The van der Waals surface area contributed by atoms with Crippen LogP contribution in [0, 0.1) is 0 Å². The Morgan fingerprint density at radius 1 is 1.22 bits per heavy atom. The fraction of sp³-hybridized carbons (Fsp3) is 0.286. The van der Waals surface area contributed by atoms with E-state index >= 15 is 0 Å². The predicted molar refractivity (Wildman–Crippen MR) is 74.8 cm³/mol. The molecule has 122 valence electrons. The fourth-order valence-corrected chi connectivity index (χ4v) is 3.89. The first kappa shape index (κ1) is 15.9. The zero-order valence-electron chi connectivity index (χ0n) is 11.8. The summed E-state index contributed by atoms with van der Waals surface area (Å²) in [5.74, 6) is 0. The average Bonchev–Trinajstić information content (AvgIpc) is 2.53. The van der Waals surface area contributed by atoms with Gasteiger partial charge in [0, 0.05) is 37.0 Å². The Kier molecular flexibility index (Phi) is 3.85. The maximum atomic E-state index is 12.8. The Morgan fingerprint density at radius 2 is 2.00 bits per heavy atom. The topological polar surface area (TPSA) is 63.2 Å². The van der Waals surface area contributed by atoms with Crippen molar-refractivity contribution in [2.45, 2.75) is 24.0 Å². The molecule has 0 saturated heterocycles. The molecule has 0 N–H and O–H groups in total. The largest absolute Gasteiger partial charge is 0.416 e. The van der Waals surface area contributed by atoms with Gasteiger partial charge in [-0.1, -0.05) is 6.07 Å². The number of hydrogen-bond acceptors (Lipinski definition) is 4. The molecule has 3 rings (SSSR count). The first-order chi connectivity index (χ1) is 10.8. The molecule has 2 aromatic rings. The highest BCUT2D eigenvalue weighted by molar-refractivity contribution is 7.89. The third kappa shape index (κ3) is 3.06. The minimum Gasteiger partial charge on any atom is -0.244 e. The van der Waals surface area contributed by atoms with Crippen LogP contribution in [0.3, 0.4) is 0 Å². The van der Waals surface area contributed by atoms with Crippen LogP contribution in [0.2, 0.25) is 0 Å². The van der Waals surface area contributed by atoms with Crippen LogP contribution in [0.25, 0.3) is 0 Å². The van der Waals surface area contributed by atoms with E-state index in [9.17, 15) is 21.6 Å². The molecule has 0 spiro atoms. The van der Waals surface area contributed by atoms with E-state index in [1.807, 2.05) is 0 Å². The van der Waals surface area contributed by atoms with E-state index in [4.69, 9.17) is 0 Å². The Labute approximate surface area is 130 Å².